The molecule has 1 N–H and O–H groups in total. The van der Waals surface area contributed by atoms with Crippen LogP contribution >= 0.6 is 0 Å². The summed E-state index contributed by atoms with van der Waals surface area (Å²) in [6, 6.07) is 13.2. The monoisotopic (exact) mass is 406 g/mol. The summed E-state index contributed by atoms with van der Waals surface area (Å²) in [7, 11) is 0. The molecule has 2 aromatic carbocycles. The number of para-hydroxylation sites is 1. The number of hydrogen-bond acceptors (Lipinski definition) is 3. The van der Waals surface area contributed by atoms with E-state index in [1.54, 1.807) is 6.20 Å². The quantitative estimate of drug-likeness (QED) is 0.647. The van der Waals surface area contributed by atoms with Crippen LogP contribution in [0.1, 0.15) is 35.5 Å². The maximum absolute atomic E-state index is 13.3. The highest BCUT2D eigenvalue weighted by atomic mass is 19.1. The Balaban J connectivity index is 1.75. The number of benzene rings is 2. The first-order valence-corrected chi connectivity index (χ1v) is 9.99. The van der Waals surface area contributed by atoms with Crippen molar-refractivity contribution < 1.29 is 18.7 Å². The lowest BCUT2D eigenvalue weighted by Crippen LogP contribution is -2.28. The van der Waals surface area contributed by atoms with Crippen LogP contribution in [0.3, 0.4) is 0 Å². The number of nitrogens with zero attached hydrogens (tertiary/aromatic N) is 1. The van der Waals surface area contributed by atoms with E-state index in [-0.39, 0.29) is 18.4 Å². The fraction of sp³-hybridized carbons (Fsp3) is 0.250. The van der Waals surface area contributed by atoms with Crippen molar-refractivity contribution in [2.45, 2.75) is 20.3 Å². The van der Waals surface area contributed by atoms with Gasteiger partial charge in [0.25, 0.3) is 5.91 Å². The zero-order chi connectivity index (χ0) is 21.3. The van der Waals surface area contributed by atoms with E-state index in [9.17, 15) is 14.0 Å². The van der Waals surface area contributed by atoms with E-state index in [1.807, 2.05) is 38.1 Å². The van der Waals surface area contributed by atoms with Gasteiger partial charge in [-0.1, -0.05) is 32.0 Å². The van der Waals surface area contributed by atoms with Crippen LogP contribution in [0.4, 0.5) is 4.39 Å². The van der Waals surface area contributed by atoms with Gasteiger partial charge < -0.3 is 14.6 Å². The highest BCUT2D eigenvalue weighted by Crippen LogP contribution is 2.31. The lowest BCUT2D eigenvalue weighted by atomic mass is 10.0. The van der Waals surface area contributed by atoms with Crippen molar-refractivity contribution in [3.63, 3.8) is 0 Å². The molecule has 0 fully saturated rings. The third-order valence-electron chi connectivity index (χ3n) is 5.09. The number of carbonyl (C=O) groups excluding carboxylic acids is 2. The van der Waals surface area contributed by atoms with E-state index in [0.717, 1.165) is 16.5 Å². The number of H-pyrrole nitrogens is 1. The Labute approximate surface area is 174 Å². The summed E-state index contributed by atoms with van der Waals surface area (Å²) in [5, 5.41) is 1.02. The van der Waals surface area contributed by atoms with E-state index < -0.39 is 11.8 Å². The van der Waals surface area contributed by atoms with Crippen molar-refractivity contribution in [3.05, 3.63) is 77.4 Å². The summed E-state index contributed by atoms with van der Waals surface area (Å²) in [4.78, 5) is 30.8. The number of rotatable bonds is 4. The Bertz CT molecular complexity index is 1130. The van der Waals surface area contributed by atoms with Gasteiger partial charge in [0, 0.05) is 29.2 Å². The molecule has 4 rings (SSSR count). The number of amides is 1. The predicted octanol–water partition coefficient (Wildman–Crippen LogP) is 4.55. The van der Waals surface area contributed by atoms with Crippen LogP contribution in [-0.4, -0.2) is 34.9 Å². The van der Waals surface area contributed by atoms with Gasteiger partial charge in [-0.05, 0) is 48.2 Å². The number of aromatic amines is 1. The van der Waals surface area contributed by atoms with Crippen molar-refractivity contribution in [1.29, 1.82) is 0 Å². The number of ether oxygens (including phenoxy) is 1. The molecule has 1 aliphatic rings. The molecule has 1 aliphatic heterocycles. The topological polar surface area (TPSA) is 62.4 Å². The number of halogens is 1. The number of nitrogens with one attached hydrogen (secondary N) is 1. The molecule has 0 radical (unpaired) electrons. The van der Waals surface area contributed by atoms with Crippen LogP contribution in [-0.2, 0) is 16.0 Å². The fourth-order valence-corrected chi connectivity index (χ4v) is 3.60. The van der Waals surface area contributed by atoms with Gasteiger partial charge in [-0.15, -0.1) is 0 Å². The zero-order valence-corrected chi connectivity index (χ0v) is 16.9. The van der Waals surface area contributed by atoms with E-state index in [4.69, 9.17) is 4.74 Å². The normalized spacial score (nSPS) is 13.7. The molecule has 3 aromatic rings. The van der Waals surface area contributed by atoms with E-state index in [2.05, 4.69) is 4.98 Å². The minimum absolute atomic E-state index is 0.194. The van der Waals surface area contributed by atoms with Gasteiger partial charge in [0.15, 0.2) is 0 Å². The smallest absolute Gasteiger partial charge is 0.341 e. The SMILES string of the molecule is CC(C)COC(=O)C1=CN(C(=O)c2ccc(F)cc2)CCc2c1[nH]c1ccccc21. The number of esters is 1. The van der Waals surface area contributed by atoms with Crippen molar-refractivity contribution in [2.75, 3.05) is 13.2 Å². The molecule has 30 heavy (non-hydrogen) atoms. The van der Waals surface area contributed by atoms with E-state index in [0.29, 0.717) is 29.8 Å². The third kappa shape index (κ3) is 3.85. The second-order valence-electron chi connectivity index (χ2n) is 7.81. The molecule has 0 atom stereocenters. The third-order valence-corrected chi connectivity index (χ3v) is 5.09. The summed E-state index contributed by atoms with van der Waals surface area (Å²) < 4.78 is 18.7. The second-order valence-corrected chi connectivity index (χ2v) is 7.81. The number of aromatic nitrogens is 1. The van der Waals surface area contributed by atoms with Crippen LogP contribution in [0.5, 0.6) is 0 Å². The molecule has 2 heterocycles. The van der Waals surface area contributed by atoms with Crippen LogP contribution in [0.25, 0.3) is 16.5 Å². The van der Waals surface area contributed by atoms with Crippen molar-refractivity contribution in [3.8, 4) is 0 Å². The zero-order valence-electron chi connectivity index (χ0n) is 16.9. The molecule has 0 aliphatic carbocycles. The average Bonchev–Trinajstić information content (AvgIpc) is 2.99. The van der Waals surface area contributed by atoms with Gasteiger partial charge in [0.1, 0.15) is 5.82 Å². The molecule has 0 saturated heterocycles. The summed E-state index contributed by atoms with van der Waals surface area (Å²) in [5.41, 5.74) is 3.27. The van der Waals surface area contributed by atoms with Crippen molar-refractivity contribution in [1.82, 2.24) is 9.88 Å². The Kier molecular flexibility index (Phi) is 5.40. The number of hydrogen-bond donors (Lipinski definition) is 1. The Morgan fingerprint density at radius 1 is 1.13 bits per heavy atom. The van der Waals surface area contributed by atoms with Crippen molar-refractivity contribution in [2.24, 2.45) is 5.92 Å². The first kappa shape index (κ1) is 19.9. The van der Waals surface area contributed by atoms with Crippen LogP contribution < -0.4 is 0 Å². The molecule has 0 bridgehead atoms. The predicted molar refractivity (Wildman–Crippen MR) is 113 cm³/mol. The molecule has 1 amide bonds. The fourth-order valence-electron chi connectivity index (χ4n) is 3.60. The maximum Gasteiger partial charge on any atom is 0.341 e. The van der Waals surface area contributed by atoms with Gasteiger partial charge in [-0.2, -0.15) is 0 Å². The highest BCUT2D eigenvalue weighted by molar-refractivity contribution is 6.18. The summed E-state index contributed by atoms with van der Waals surface area (Å²) in [6.07, 6.45) is 2.12. The minimum atomic E-state index is -0.477. The summed E-state index contributed by atoms with van der Waals surface area (Å²) in [5.74, 6) is -0.981. The lowest BCUT2D eigenvalue weighted by molar-refractivity contribution is -0.137. The molecule has 0 spiro atoms. The molecule has 0 unspecified atom stereocenters. The molecule has 1 aromatic heterocycles. The Hall–Kier alpha value is -3.41. The minimum Gasteiger partial charge on any atom is -0.462 e. The summed E-state index contributed by atoms with van der Waals surface area (Å²) in [6.45, 7) is 4.62. The van der Waals surface area contributed by atoms with Crippen LogP contribution in [0, 0.1) is 11.7 Å². The molecule has 6 heteroatoms. The van der Waals surface area contributed by atoms with Gasteiger partial charge in [-0.3, -0.25) is 4.79 Å². The molecule has 0 saturated carbocycles. The number of carbonyl (C=O) groups is 2. The Morgan fingerprint density at radius 2 is 1.87 bits per heavy atom. The van der Waals surface area contributed by atoms with Crippen LogP contribution in [0.15, 0.2) is 54.7 Å². The first-order chi connectivity index (χ1) is 14.4. The van der Waals surface area contributed by atoms with Crippen LogP contribution in [0.2, 0.25) is 0 Å². The standard InChI is InChI=1S/C24H23FN2O3/c1-15(2)14-30-24(29)20-13-27(23(28)16-7-9-17(25)10-8-16)12-11-19-18-5-3-4-6-21(18)26-22(19)20/h3-10,13,15,26H,11-12,14H2,1-2H3. The average molecular weight is 406 g/mol. The molecule has 5 nitrogen and oxygen atoms in total. The van der Waals surface area contributed by atoms with Gasteiger partial charge in [0.2, 0.25) is 0 Å². The largest absolute Gasteiger partial charge is 0.462 e. The number of fused-ring (bicyclic) bond motifs is 3. The molecule has 154 valence electrons. The van der Waals surface area contributed by atoms with Gasteiger partial charge in [-0.25, -0.2) is 9.18 Å². The Morgan fingerprint density at radius 3 is 2.60 bits per heavy atom. The van der Waals surface area contributed by atoms with Crippen molar-refractivity contribution >= 4 is 28.4 Å². The second kappa shape index (κ2) is 8.14. The first-order valence-electron chi connectivity index (χ1n) is 9.99. The highest BCUT2D eigenvalue weighted by Gasteiger charge is 2.27. The lowest BCUT2D eigenvalue weighted by Gasteiger charge is -2.18. The van der Waals surface area contributed by atoms with Gasteiger partial charge in [0.05, 0.1) is 17.9 Å². The maximum atomic E-state index is 13.3. The van der Waals surface area contributed by atoms with E-state index in [1.165, 1.54) is 29.2 Å². The van der Waals surface area contributed by atoms with Gasteiger partial charge >= 0.3 is 5.97 Å². The molecular weight excluding hydrogens is 383 g/mol. The van der Waals surface area contributed by atoms with E-state index >= 15 is 0 Å². The summed E-state index contributed by atoms with van der Waals surface area (Å²) >= 11 is 0. The molecular formula is C24H23FN2O3.